The van der Waals surface area contributed by atoms with Gasteiger partial charge in [0.2, 0.25) is 5.91 Å². The molecule has 0 spiro atoms. The van der Waals surface area contributed by atoms with E-state index in [1.807, 2.05) is 20.8 Å². The van der Waals surface area contributed by atoms with Crippen LogP contribution in [0.3, 0.4) is 0 Å². The van der Waals surface area contributed by atoms with Gasteiger partial charge in [-0.25, -0.2) is 9.48 Å². The van der Waals surface area contributed by atoms with Gasteiger partial charge in [-0.3, -0.25) is 19.7 Å². The summed E-state index contributed by atoms with van der Waals surface area (Å²) in [5.41, 5.74) is -0.0859. The maximum absolute atomic E-state index is 12.5. The van der Waals surface area contributed by atoms with E-state index in [1.165, 1.54) is 6.07 Å². The third kappa shape index (κ3) is 4.58. The number of ether oxygens (including phenoxy) is 1. The first-order valence-electron chi connectivity index (χ1n) is 9.54. The topological polar surface area (TPSA) is 111 Å². The van der Waals surface area contributed by atoms with Crippen LogP contribution in [0.2, 0.25) is 0 Å². The molecule has 1 aromatic heterocycles. The highest BCUT2D eigenvalue weighted by molar-refractivity contribution is 5.99. The zero-order valence-electron chi connectivity index (χ0n) is 16.4. The lowest BCUT2D eigenvalue weighted by Crippen LogP contribution is -2.45. The summed E-state index contributed by atoms with van der Waals surface area (Å²) in [5.74, 6) is -0.706. The third-order valence-electron chi connectivity index (χ3n) is 4.97. The number of hydrogen-bond acceptors (Lipinski definition) is 6. The van der Waals surface area contributed by atoms with Gasteiger partial charge < -0.3 is 9.64 Å². The molecule has 28 heavy (non-hydrogen) atoms. The number of nitrogens with one attached hydrogen (secondary N) is 1. The van der Waals surface area contributed by atoms with E-state index in [0.29, 0.717) is 25.9 Å². The molecule has 0 saturated carbocycles. The molecule has 2 aliphatic heterocycles. The summed E-state index contributed by atoms with van der Waals surface area (Å²) in [4.78, 5) is 49.6. The highest BCUT2D eigenvalue weighted by atomic mass is 16.6. The Bertz CT molecular complexity index is 833. The van der Waals surface area contributed by atoms with Gasteiger partial charge >= 0.3 is 6.09 Å². The largest absolute Gasteiger partial charge is 0.444 e. The van der Waals surface area contributed by atoms with Gasteiger partial charge in [0.25, 0.3) is 11.5 Å². The Morgan fingerprint density at radius 1 is 1.18 bits per heavy atom. The summed E-state index contributed by atoms with van der Waals surface area (Å²) in [6, 6.07) is 0.748. The first kappa shape index (κ1) is 20.0. The highest BCUT2D eigenvalue weighted by Gasteiger charge is 2.31. The molecule has 1 N–H and O–H groups in total. The van der Waals surface area contributed by atoms with Crippen molar-refractivity contribution in [2.75, 3.05) is 13.1 Å². The lowest BCUT2D eigenvalue weighted by molar-refractivity contribution is -0.136. The maximum atomic E-state index is 12.5. The van der Waals surface area contributed by atoms with E-state index in [2.05, 4.69) is 10.4 Å². The van der Waals surface area contributed by atoms with Crippen LogP contribution in [0.4, 0.5) is 4.79 Å². The molecule has 2 saturated heterocycles. The Morgan fingerprint density at radius 2 is 1.86 bits per heavy atom. The number of hydrogen-bond donors (Lipinski definition) is 1. The van der Waals surface area contributed by atoms with Crippen LogP contribution in [0, 0.1) is 0 Å². The number of likely N-dealkylation sites (tertiary alicyclic amines) is 1. The summed E-state index contributed by atoms with van der Waals surface area (Å²) >= 11 is 0. The monoisotopic (exact) mass is 390 g/mol. The average molecular weight is 390 g/mol. The number of rotatable bonds is 2. The zero-order valence-corrected chi connectivity index (χ0v) is 16.4. The Balaban J connectivity index is 1.64. The van der Waals surface area contributed by atoms with Gasteiger partial charge in [-0.15, -0.1) is 0 Å². The number of nitrogens with zero attached hydrogens (tertiary/aromatic N) is 3. The van der Waals surface area contributed by atoms with Crippen molar-refractivity contribution >= 4 is 17.9 Å². The number of imide groups is 1. The highest BCUT2D eigenvalue weighted by Crippen LogP contribution is 2.28. The fourth-order valence-corrected chi connectivity index (χ4v) is 3.53. The molecule has 1 unspecified atom stereocenters. The minimum absolute atomic E-state index is 0.121. The molecule has 2 fully saturated rings. The molecule has 0 bridgehead atoms. The molecule has 0 aliphatic carbocycles. The molecular formula is C19H26N4O5. The second-order valence-corrected chi connectivity index (χ2v) is 8.28. The maximum Gasteiger partial charge on any atom is 0.410 e. The molecule has 9 heteroatoms. The Kier molecular flexibility index (Phi) is 5.53. The van der Waals surface area contributed by atoms with E-state index in [9.17, 15) is 19.2 Å². The Hall–Kier alpha value is -2.71. The SMILES string of the molecule is CC(C)(C)OC(=O)N1CCC(c2cnn(C3CCC(=O)NC3=O)c(=O)c2)CC1. The standard InChI is InChI=1S/C19H26N4O5/c1-19(2,3)28-18(27)22-8-6-12(7-9-22)13-10-16(25)23(20-11-13)14-4-5-15(24)21-17(14)26/h10-12,14H,4-9H2,1-3H3,(H,21,24,26). The lowest BCUT2D eigenvalue weighted by atomic mass is 9.91. The lowest BCUT2D eigenvalue weighted by Gasteiger charge is -2.33. The van der Waals surface area contributed by atoms with E-state index >= 15 is 0 Å². The Morgan fingerprint density at radius 3 is 2.43 bits per heavy atom. The van der Waals surface area contributed by atoms with Gasteiger partial charge in [-0.2, -0.15) is 5.10 Å². The summed E-state index contributed by atoms with van der Waals surface area (Å²) < 4.78 is 6.54. The molecule has 0 radical (unpaired) electrons. The molecule has 0 aromatic carbocycles. The van der Waals surface area contributed by atoms with Gasteiger partial charge in [0.1, 0.15) is 11.6 Å². The smallest absolute Gasteiger partial charge is 0.410 e. The van der Waals surface area contributed by atoms with Gasteiger partial charge in [-0.05, 0) is 51.5 Å². The van der Waals surface area contributed by atoms with Crippen molar-refractivity contribution in [3.05, 3.63) is 28.2 Å². The summed E-state index contributed by atoms with van der Waals surface area (Å²) in [6.07, 6.45) is 3.17. The van der Waals surface area contributed by atoms with Crippen molar-refractivity contribution in [2.24, 2.45) is 0 Å². The van der Waals surface area contributed by atoms with Gasteiger partial charge in [0.15, 0.2) is 0 Å². The average Bonchev–Trinajstić information content (AvgIpc) is 2.61. The van der Waals surface area contributed by atoms with Crippen molar-refractivity contribution in [1.29, 1.82) is 0 Å². The van der Waals surface area contributed by atoms with E-state index in [0.717, 1.165) is 10.2 Å². The molecule has 3 rings (SSSR count). The number of carbonyl (C=O) groups excluding carboxylic acids is 3. The van der Waals surface area contributed by atoms with Gasteiger partial charge in [-0.1, -0.05) is 0 Å². The molecule has 9 nitrogen and oxygen atoms in total. The van der Waals surface area contributed by atoms with Crippen LogP contribution in [0.1, 0.15) is 64.0 Å². The van der Waals surface area contributed by atoms with E-state index < -0.39 is 17.6 Å². The second kappa shape index (κ2) is 7.73. The van der Waals surface area contributed by atoms with E-state index in [-0.39, 0.29) is 36.3 Å². The van der Waals surface area contributed by atoms with Crippen molar-refractivity contribution in [3.8, 4) is 0 Å². The number of aromatic nitrogens is 2. The first-order chi connectivity index (χ1) is 13.1. The minimum atomic E-state index is -0.756. The van der Waals surface area contributed by atoms with Crippen molar-refractivity contribution in [2.45, 2.75) is 64.0 Å². The predicted octanol–water partition coefficient (Wildman–Crippen LogP) is 1.34. The summed E-state index contributed by atoms with van der Waals surface area (Å²) in [6.45, 7) is 6.61. The molecule has 1 atom stereocenters. The van der Waals surface area contributed by atoms with Crippen LogP contribution >= 0.6 is 0 Å². The van der Waals surface area contributed by atoms with E-state index in [1.54, 1.807) is 11.1 Å². The van der Waals surface area contributed by atoms with Crippen LogP contribution in [-0.2, 0) is 14.3 Å². The molecular weight excluding hydrogens is 364 g/mol. The number of carbonyl (C=O) groups is 3. The Labute approximate surface area is 163 Å². The summed E-state index contributed by atoms with van der Waals surface area (Å²) in [5, 5.41) is 6.42. The fourth-order valence-electron chi connectivity index (χ4n) is 3.53. The number of piperidine rings is 2. The molecule has 3 heterocycles. The van der Waals surface area contributed by atoms with E-state index in [4.69, 9.17) is 4.74 Å². The molecule has 3 amide bonds. The van der Waals surface area contributed by atoms with Crippen LogP contribution in [-0.4, -0.2) is 51.3 Å². The van der Waals surface area contributed by atoms with Crippen molar-refractivity contribution < 1.29 is 19.1 Å². The molecule has 2 aliphatic rings. The van der Waals surface area contributed by atoms with Crippen molar-refractivity contribution in [3.63, 3.8) is 0 Å². The van der Waals surface area contributed by atoms with Crippen molar-refractivity contribution in [1.82, 2.24) is 20.0 Å². The summed E-state index contributed by atoms with van der Waals surface area (Å²) in [7, 11) is 0. The third-order valence-corrected chi connectivity index (χ3v) is 4.97. The fraction of sp³-hybridized carbons (Fsp3) is 0.632. The van der Waals surface area contributed by atoms with Gasteiger partial charge in [0.05, 0.1) is 6.20 Å². The van der Waals surface area contributed by atoms with Crippen LogP contribution in [0.25, 0.3) is 0 Å². The van der Waals surface area contributed by atoms with Crippen LogP contribution in [0.5, 0.6) is 0 Å². The predicted molar refractivity (Wildman–Crippen MR) is 99.7 cm³/mol. The zero-order chi connectivity index (χ0) is 20.5. The van der Waals surface area contributed by atoms with Crippen LogP contribution in [0.15, 0.2) is 17.1 Å². The van der Waals surface area contributed by atoms with Gasteiger partial charge in [0, 0.05) is 25.6 Å². The van der Waals surface area contributed by atoms with Crippen LogP contribution < -0.4 is 10.9 Å². The molecule has 152 valence electrons. The first-order valence-corrected chi connectivity index (χ1v) is 9.54. The normalized spacial score (nSPS) is 21.4. The number of amides is 3. The minimum Gasteiger partial charge on any atom is -0.444 e. The second-order valence-electron chi connectivity index (χ2n) is 8.28. The molecule has 1 aromatic rings. The quantitative estimate of drug-likeness (QED) is 0.763.